The molecule has 1 aliphatic rings. The number of fused-ring (bicyclic) bond motifs is 2. The highest BCUT2D eigenvalue weighted by Gasteiger charge is 2.35. The zero-order valence-corrected chi connectivity index (χ0v) is 12.2. The molecule has 23 heavy (non-hydrogen) atoms. The van der Waals surface area contributed by atoms with Gasteiger partial charge in [-0.3, -0.25) is 9.59 Å². The number of halogens is 2. The van der Waals surface area contributed by atoms with E-state index in [-0.39, 0.29) is 39.1 Å². The number of ketones is 2. The second-order valence-electron chi connectivity index (χ2n) is 5.00. The third-order valence-electron chi connectivity index (χ3n) is 3.64. The Hall–Kier alpha value is -2.79. The number of hydrogen-bond donors (Lipinski definition) is 0. The lowest BCUT2D eigenvalue weighted by atomic mass is 9.91. The maximum absolute atomic E-state index is 14.0. The zero-order valence-electron chi connectivity index (χ0n) is 11.5. The fourth-order valence-corrected chi connectivity index (χ4v) is 2.81. The summed E-state index contributed by atoms with van der Waals surface area (Å²) < 4.78 is 19.4. The van der Waals surface area contributed by atoms with Crippen LogP contribution in [-0.2, 0) is 0 Å². The van der Waals surface area contributed by atoms with E-state index in [1.807, 2.05) is 0 Å². The van der Waals surface area contributed by atoms with Crippen LogP contribution in [0.15, 0.2) is 46.9 Å². The van der Waals surface area contributed by atoms with Crippen LogP contribution < -0.4 is 0 Å². The molecule has 0 radical (unpaired) electrons. The van der Waals surface area contributed by atoms with Gasteiger partial charge in [0.05, 0.1) is 10.6 Å². The SMILES string of the molecule is O=C1c2ccccc2C(=O)c2oc(-c3c(F)cccc3Cl)nc21. The largest absolute Gasteiger partial charge is 0.432 e. The van der Waals surface area contributed by atoms with Crippen molar-refractivity contribution >= 4 is 23.2 Å². The molecule has 1 aromatic heterocycles. The zero-order chi connectivity index (χ0) is 16.1. The monoisotopic (exact) mass is 327 g/mol. The van der Waals surface area contributed by atoms with Crippen LogP contribution in [0, 0.1) is 5.82 Å². The number of rotatable bonds is 1. The normalized spacial score (nSPS) is 13.0. The van der Waals surface area contributed by atoms with Gasteiger partial charge in [0, 0.05) is 11.1 Å². The van der Waals surface area contributed by atoms with Crippen LogP contribution in [-0.4, -0.2) is 16.6 Å². The Morgan fingerprint density at radius 3 is 2.35 bits per heavy atom. The van der Waals surface area contributed by atoms with Crippen LogP contribution in [0.1, 0.15) is 32.2 Å². The molecule has 112 valence electrons. The Balaban J connectivity index is 1.95. The van der Waals surface area contributed by atoms with Crippen molar-refractivity contribution in [3.63, 3.8) is 0 Å². The Labute approximate surface area is 134 Å². The molecule has 0 spiro atoms. The number of carbonyl (C=O) groups excluding carboxylic acids is 2. The highest BCUT2D eigenvalue weighted by Crippen LogP contribution is 2.34. The number of nitrogens with zero attached hydrogens (tertiary/aromatic N) is 1. The summed E-state index contributed by atoms with van der Waals surface area (Å²) in [6, 6.07) is 10.5. The molecular weight excluding hydrogens is 321 g/mol. The topological polar surface area (TPSA) is 60.2 Å². The standard InChI is InChI=1S/C17H7ClFNO3/c18-10-6-3-7-11(19)12(10)17-20-13-14(21)8-4-1-2-5-9(8)15(22)16(13)23-17/h1-7H. The highest BCUT2D eigenvalue weighted by atomic mass is 35.5. The van der Waals surface area contributed by atoms with Crippen molar-refractivity contribution in [3.8, 4) is 11.5 Å². The van der Waals surface area contributed by atoms with Gasteiger partial charge < -0.3 is 4.42 Å². The molecular formula is C17H7ClFNO3. The molecule has 4 rings (SSSR count). The maximum atomic E-state index is 14.0. The number of hydrogen-bond acceptors (Lipinski definition) is 4. The van der Waals surface area contributed by atoms with Crippen LogP contribution in [0.25, 0.3) is 11.5 Å². The molecule has 0 amide bonds. The second kappa shape index (κ2) is 4.86. The molecule has 0 N–H and O–H groups in total. The summed E-state index contributed by atoms with van der Waals surface area (Å²) in [4.78, 5) is 28.9. The number of oxazole rings is 1. The molecule has 0 unspecified atom stereocenters. The van der Waals surface area contributed by atoms with Crippen LogP contribution >= 0.6 is 11.6 Å². The Morgan fingerprint density at radius 1 is 0.957 bits per heavy atom. The van der Waals surface area contributed by atoms with Crippen molar-refractivity contribution in [2.75, 3.05) is 0 Å². The van der Waals surface area contributed by atoms with Gasteiger partial charge in [-0.25, -0.2) is 9.37 Å². The first-order valence-electron chi connectivity index (χ1n) is 6.71. The van der Waals surface area contributed by atoms with Gasteiger partial charge in [0.25, 0.3) is 0 Å². The quantitative estimate of drug-likeness (QED) is 0.532. The first kappa shape index (κ1) is 13.8. The predicted molar refractivity (Wildman–Crippen MR) is 80.2 cm³/mol. The van der Waals surface area contributed by atoms with E-state index in [0.717, 1.165) is 0 Å². The van der Waals surface area contributed by atoms with Crippen molar-refractivity contribution in [1.82, 2.24) is 4.98 Å². The molecule has 3 aromatic rings. The smallest absolute Gasteiger partial charge is 0.232 e. The van der Waals surface area contributed by atoms with Crippen LogP contribution in [0.2, 0.25) is 5.02 Å². The van der Waals surface area contributed by atoms with Crippen LogP contribution in [0.4, 0.5) is 4.39 Å². The molecule has 0 aliphatic heterocycles. The number of benzene rings is 2. The Bertz CT molecular complexity index is 921. The molecule has 0 bridgehead atoms. The third kappa shape index (κ3) is 1.94. The first-order valence-corrected chi connectivity index (χ1v) is 7.09. The summed E-state index contributed by atoms with van der Waals surface area (Å²) in [7, 11) is 0. The van der Waals surface area contributed by atoms with Gasteiger partial charge in [-0.1, -0.05) is 41.9 Å². The Morgan fingerprint density at radius 2 is 1.65 bits per heavy atom. The number of carbonyl (C=O) groups is 2. The van der Waals surface area contributed by atoms with Crippen molar-refractivity contribution < 1.29 is 18.4 Å². The summed E-state index contributed by atoms with van der Waals surface area (Å²) in [5, 5.41) is 0.0843. The van der Waals surface area contributed by atoms with Gasteiger partial charge in [0.2, 0.25) is 23.2 Å². The van der Waals surface area contributed by atoms with E-state index in [1.54, 1.807) is 18.2 Å². The van der Waals surface area contributed by atoms with Crippen LogP contribution in [0.5, 0.6) is 0 Å². The van der Waals surface area contributed by atoms with E-state index in [9.17, 15) is 14.0 Å². The van der Waals surface area contributed by atoms with Gasteiger partial charge in [0.1, 0.15) is 5.82 Å². The van der Waals surface area contributed by atoms with Crippen molar-refractivity contribution in [3.05, 3.63) is 75.9 Å². The summed E-state index contributed by atoms with van der Waals surface area (Å²) in [6.45, 7) is 0. The average Bonchev–Trinajstić information content (AvgIpc) is 2.98. The maximum Gasteiger partial charge on any atom is 0.232 e. The van der Waals surface area contributed by atoms with E-state index in [2.05, 4.69) is 4.98 Å². The average molecular weight is 328 g/mol. The third-order valence-corrected chi connectivity index (χ3v) is 3.96. The second-order valence-corrected chi connectivity index (χ2v) is 5.40. The minimum atomic E-state index is -0.645. The predicted octanol–water partition coefficient (Wildman–Crippen LogP) is 3.91. The summed E-state index contributed by atoms with van der Waals surface area (Å²) in [6.07, 6.45) is 0. The van der Waals surface area contributed by atoms with Gasteiger partial charge in [-0.2, -0.15) is 0 Å². The molecule has 4 nitrogen and oxygen atoms in total. The Kier molecular flexibility index (Phi) is 2.92. The number of aromatic nitrogens is 1. The molecule has 1 heterocycles. The van der Waals surface area contributed by atoms with Gasteiger partial charge in [0.15, 0.2) is 5.69 Å². The van der Waals surface area contributed by atoms with E-state index in [1.165, 1.54) is 24.3 Å². The molecule has 1 aliphatic carbocycles. The van der Waals surface area contributed by atoms with Crippen molar-refractivity contribution in [2.45, 2.75) is 0 Å². The van der Waals surface area contributed by atoms with E-state index in [0.29, 0.717) is 0 Å². The molecule has 0 saturated heterocycles. The lowest BCUT2D eigenvalue weighted by Gasteiger charge is -2.10. The van der Waals surface area contributed by atoms with Crippen molar-refractivity contribution in [1.29, 1.82) is 0 Å². The lowest BCUT2D eigenvalue weighted by Crippen LogP contribution is -2.19. The molecule has 0 saturated carbocycles. The minimum absolute atomic E-state index is 0.0757. The molecule has 0 fully saturated rings. The van der Waals surface area contributed by atoms with E-state index >= 15 is 0 Å². The summed E-state index contributed by atoms with van der Waals surface area (Å²) >= 11 is 5.98. The van der Waals surface area contributed by atoms with Gasteiger partial charge >= 0.3 is 0 Å². The van der Waals surface area contributed by atoms with Gasteiger partial charge in [-0.05, 0) is 12.1 Å². The fraction of sp³-hybridized carbons (Fsp3) is 0. The van der Waals surface area contributed by atoms with Crippen molar-refractivity contribution in [2.24, 2.45) is 0 Å². The fourth-order valence-electron chi connectivity index (χ4n) is 2.57. The highest BCUT2D eigenvalue weighted by molar-refractivity contribution is 6.33. The summed E-state index contributed by atoms with van der Waals surface area (Å²) in [5.74, 6) is -1.91. The molecule has 6 heteroatoms. The minimum Gasteiger partial charge on any atom is -0.432 e. The van der Waals surface area contributed by atoms with E-state index < -0.39 is 17.4 Å². The molecule has 0 atom stereocenters. The van der Waals surface area contributed by atoms with Crippen LogP contribution in [0.3, 0.4) is 0 Å². The summed E-state index contributed by atoms with van der Waals surface area (Å²) in [5.41, 5.74) is 0.299. The van der Waals surface area contributed by atoms with Gasteiger partial charge in [-0.15, -0.1) is 0 Å². The first-order chi connectivity index (χ1) is 11.1. The van der Waals surface area contributed by atoms with E-state index in [4.69, 9.17) is 16.0 Å². The molecule has 2 aromatic carbocycles. The lowest BCUT2D eigenvalue weighted by molar-refractivity contribution is 0.0959.